The highest BCUT2D eigenvalue weighted by atomic mass is 16.5. The molecule has 0 bridgehead atoms. The van der Waals surface area contributed by atoms with Crippen molar-refractivity contribution < 1.29 is 19.1 Å². The second-order valence-corrected chi connectivity index (χ2v) is 3.85. The molecule has 0 aliphatic carbocycles. The average molecular weight is 241 g/mol. The molecule has 1 heterocycles. The van der Waals surface area contributed by atoms with Crippen LogP contribution in [0.5, 0.6) is 0 Å². The predicted octanol–water partition coefficient (Wildman–Crippen LogP) is 1.32. The summed E-state index contributed by atoms with van der Waals surface area (Å²) in [6, 6.07) is 3.29. The molecular weight excluding hydrogens is 222 g/mol. The molecule has 0 saturated heterocycles. The van der Waals surface area contributed by atoms with Crippen molar-refractivity contribution in [1.29, 1.82) is 0 Å². The molecule has 5 heteroatoms. The van der Waals surface area contributed by atoms with E-state index < -0.39 is 6.10 Å². The molecule has 0 spiro atoms. The number of carbonyl (C=O) groups excluding carboxylic acids is 1. The molecule has 2 N–H and O–H groups in total. The van der Waals surface area contributed by atoms with E-state index in [4.69, 9.17) is 9.15 Å². The Balaban J connectivity index is 2.40. The summed E-state index contributed by atoms with van der Waals surface area (Å²) < 4.78 is 10.1. The standard InChI is InChI=1S/C12H19NO4/c1-3-4-9(14)7-13-12(15)11-6-5-10(17-11)8-16-2/h5-6,9,14H,3-4,7-8H2,1-2H3,(H,13,15). The lowest BCUT2D eigenvalue weighted by Crippen LogP contribution is -2.31. The van der Waals surface area contributed by atoms with E-state index in [0.717, 1.165) is 6.42 Å². The smallest absolute Gasteiger partial charge is 0.287 e. The number of aliphatic hydroxyl groups is 1. The number of nitrogens with one attached hydrogen (secondary N) is 1. The first-order valence-electron chi connectivity index (χ1n) is 5.71. The van der Waals surface area contributed by atoms with Crippen LogP contribution in [0, 0.1) is 0 Å². The molecule has 0 fully saturated rings. The first-order chi connectivity index (χ1) is 8.17. The lowest BCUT2D eigenvalue weighted by atomic mass is 10.2. The fourth-order valence-electron chi connectivity index (χ4n) is 1.45. The molecule has 96 valence electrons. The molecule has 1 atom stereocenters. The van der Waals surface area contributed by atoms with Gasteiger partial charge in [0.15, 0.2) is 5.76 Å². The summed E-state index contributed by atoms with van der Waals surface area (Å²) >= 11 is 0. The van der Waals surface area contributed by atoms with E-state index >= 15 is 0 Å². The normalized spacial score (nSPS) is 12.4. The van der Waals surface area contributed by atoms with Gasteiger partial charge in [-0.05, 0) is 18.6 Å². The Morgan fingerprint density at radius 1 is 1.59 bits per heavy atom. The molecule has 17 heavy (non-hydrogen) atoms. The van der Waals surface area contributed by atoms with E-state index in [-0.39, 0.29) is 18.2 Å². The van der Waals surface area contributed by atoms with E-state index in [1.165, 1.54) is 0 Å². The van der Waals surface area contributed by atoms with E-state index in [1.54, 1.807) is 19.2 Å². The number of methoxy groups -OCH3 is 1. The van der Waals surface area contributed by atoms with Crippen LogP contribution in [-0.2, 0) is 11.3 Å². The minimum Gasteiger partial charge on any atom is -0.453 e. The summed E-state index contributed by atoms with van der Waals surface area (Å²) in [5.41, 5.74) is 0. The highest BCUT2D eigenvalue weighted by Gasteiger charge is 2.12. The zero-order chi connectivity index (χ0) is 12.7. The zero-order valence-corrected chi connectivity index (χ0v) is 10.2. The summed E-state index contributed by atoms with van der Waals surface area (Å²) in [6.45, 7) is 2.56. The van der Waals surface area contributed by atoms with Crippen LogP contribution >= 0.6 is 0 Å². The quantitative estimate of drug-likeness (QED) is 0.755. The van der Waals surface area contributed by atoms with Gasteiger partial charge in [0.05, 0.1) is 6.10 Å². The maximum Gasteiger partial charge on any atom is 0.287 e. The summed E-state index contributed by atoms with van der Waals surface area (Å²) in [5.74, 6) is 0.523. The molecule has 0 aromatic carbocycles. The highest BCUT2D eigenvalue weighted by Crippen LogP contribution is 2.08. The molecule has 0 saturated carbocycles. The lowest BCUT2D eigenvalue weighted by Gasteiger charge is -2.09. The summed E-state index contributed by atoms with van der Waals surface area (Å²) in [5, 5.41) is 12.1. The Morgan fingerprint density at radius 3 is 3.00 bits per heavy atom. The molecule has 1 unspecified atom stereocenters. The average Bonchev–Trinajstić information content (AvgIpc) is 2.75. The minimum atomic E-state index is -0.502. The number of amides is 1. The van der Waals surface area contributed by atoms with Crippen molar-refractivity contribution >= 4 is 5.91 Å². The van der Waals surface area contributed by atoms with Gasteiger partial charge in [0, 0.05) is 13.7 Å². The number of aliphatic hydroxyl groups excluding tert-OH is 1. The van der Waals surface area contributed by atoms with E-state index in [1.807, 2.05) is 6.92 Å². The van der Waals surface area contributed by atoms with Crippen LogP contribution in [0.2, 0.25) is 0 Å². The molecule has 1 aromatic heterocycles. The van der Waals surface area contributed by atoms with Crippen molar-refractivity contribution in [2.75, 3.05) is 13.7 Å². The third-order valence-electron chi connectivity index (χ3n) is 2.29. The fourth-order valence-corrected chi connectivity index (χ4v) is 1.45. The van der Waals surface area contributed by atoms with Gasteiger partial charge in [-0.15, -0.1) is 0 Å². The highest BCUT2D eigenvalue weighted by molar-refractivity contribution is 5.91. The van der Waals surface area contributed by atoms with Gasteiger partial charge in [-0.3, -0.25) is 4.79 Å². The van der Waals surface area contributed by atoms with Crippen LogP contribution in [0.4, 0.5) is 0 Å². The van der Waals surface area contributed by atoms with E-state index in [9.17, 15) is 9.90 Å². The minimum absolute atomic E-state index is 0.237. The maximum absolute atomic E-state index is 11.6. The first-order valence-corrected chi connectivity index (χ1v) is 5.71. The van der Waals surface area contributed by atoms with Crippen molar-refractivity contribution in [3.05, 3.63) is 23.7 Å². The molecule has 1 aromatic rings. The van der Waals surface area contributed by atoms with Gasteiger partial charge in [0.1, 0.15) is 12.4 Å². The Morgan fingerprint density at radius 2 is 2.35 bits per heavy atom. The Labute approximate surface area is 101 Å². The second kappa shape index (κ2) is 7.09. The molecule has 0 radical (unpaired) electrons. The summed E-state index contributed by atoms with van der Waals surface area (Å²) in [7, 11) is 1.56. The Hall–Kier alpha value is -1.33. The van der Waals surface area contributed by atoms with Gasteiger partial charge in [-0.2, -0.15) is 0 Å². The van der Waals surface area contributed by atoms with Gasteiger partial charge in [0.25, 0.3) is 5.91 Å². The first kappa shape index (κ1) is 13.7. The van der Waals surface area contributed by atoms with Crippen LogP contribution in [-0.4, -0.2) is 30.8 Å². The second-order valence-electron chi connectivity index (χ2n) is 3.85. The van der Waals surface area contributed by atoms with Crippen molar-refractivity contribution in [2.24, 2.45) is 0 Å². The molecule has 0 aliphatic rings. The number of furan rings is 1. The SMILES string of the molecule is CCCC(O)CNC(=O)c1ccc(COC)o1. The zero-order valence-electron chi connectivity index (χ0n) is 10.2. The van der Waals surface area contributed by atoms with E-state index in [2.05, 4.69) is 5.32 Å². The van der Waals surface area contributed by atoms with Gasteiger partial charge >= 0.3 is 0 Å². The van der Waals surface area contributed by atoms with Gasteiger partial charge < -0.3 is 19.6 Å². The summed E-state index contributed by atoms with van der Waals surface area (Å²) in [6.07, 6.45) is 1.06. The van der Waals surface area contributed by atoms with Crippen LogP contribution in [0.15, 0.2) is 16.5 Å². The van der Waals surface area contributed by atoms with Crippen molar-refractivity contribution in [3.8, 4) is 0 Å². The number of hydrogen-bond acceptors (Lipinski definition) is 4. The van der Waals surface area contributed by atoms with Gasteiger partial charge in [0.2, 0.25) is 0 Å². The van der Waals surface area contributed by atoms with Crippen LogP contribution < -0.4 is 5.32 Å². The predicted molar refractivity (Wildman–Crippen MR) is 62.7 cm³/mol. The van der Waals surface area contributed by atoms with Crippen LogP contribution in [0.25, 0.3) is 0 Å². The molecule has 0 aliphatic heterocycles. The van der Waals surface area contributed by atoms with Crippen LogP contribution in [0.1, 0.15) is 36.1 Å². The van der Waals surface area contributed by atoms with Crippen LogP contribution in [0.3, 0.4) is 0 Å². The number of hydrogen-bond donors (Lipinski definition) is 2. The topological polar surface area (TPSA) is 71.7 Å². The molecular formula is C12H19NO4. The summed E-state index contributed by atoms with van der Waals surface area (Å²) in [4.78, 5) is 11.6. The van der Waals surface area contributed by atoms with Crippen molar-refractivity contribution in [3.63, 3.8) is 0 Å². The van der Waals surface area contributed by atoms with E-state index in [0.29, 0.717) is 18.8 Å². The van der Waals surface area contributed by atoms with Crippen molar-refractivity contribution in [2.45, 2.75) is 32.5 Å². The van der Waals surface area contributed by atoms with Gasteiger partial charge in [-0.1, -0.05) is 13.3 Å². The maximum atomic E-state index is 11.6. The Kier molecular flexibility index (Phi) is 5.72. The number of ether oxygens (including phenoxy) is 1. The molecule has 5 nitrogen and oxygen atoms in total. The fraction of sp³-hybridized carbons (Fsp3) is 0.583. The monoisotopic (exact) mass is 241 g/mol. The Bertz CT molecular complexity index is 348. The number of rotatable bonds is 7. The van der Waals surface area contributed by atoms with Gasteiger partial charge in [-0.25, -0.2) is 0 Å². The molecule has 1 rings (SSSR count). The third kappa shape index (κ3) is 4.58. The van der Waals surface area contributed by atoms with Crippen molar-refractivity contribution in [1.82, 2.24) is 5.32 Å². The number of carbonyl (C=O) groups is 1. The lowest BCUT2D eigenvalue weighted by molar-refractivity contribution is 0.0875. The molecule has 1 amide bonds. The third-order valence-corrected chi connectivity index (χ3v) is 2.29. The largest absolute Gasteiger partial charge is 0.453 e.